The van der Waals surface area contributed by atoms with Gasteiger partial charge in [-0.25, -0.2) is 9.97 Å². The van der Waals surface area contributed by atoms with E-state index in [1.54, 1.807) is 10.9 Å². The fourth-order valence-electron chi connectivity index (χ4n) is 2.73. The molecule has 1 N–H and O–H groups in total. The third-order valence-electron chi connectivity index (χ3n) is 4.07. The molecule has 0 aliphatic carbocycles. The lowest BCUT2D eigenvalue weighted by Gasteiger charge is -2.11. The molecule has 0 saturated carbocycles. The lowest BCUT2D eigenvalue weighted by molar-refractivity contribution is 0.102. The minimum Gasteiger partial charge on any atom is -0.306 e. The van der Waals surface area contributed by atoms with Gasteiger partial charge in [-0.15, -0.1) is 0 Å². The zero-order valence-electron chi connectivity index (χ0n) is 14.6. The number of nitrogens with one attached hydrogen (secondary N) is 1. The van der Waals surface area contributed by atoms with Crippen LogP contribution in [-0.2, 0) is 7.05 Å². The number of fused-ring (bicyclic) bond motifs is 1. The summed E-state index contributed by atoms with van der Waals surface area (Å²) in [4.78, 5) is 21.8. The Morgan fingerprint density at radius 1 is 1.29 bits per heavy atom. The van der Waals surface area contributed by atoms with Crippen LogP contribution >= 0.6 is 0 Å². The highest BCUT2D eigenvalue weighted by Gasteiger charge is 2.20. The lowest BCUT2D eigenvalue weighted by atomic mass is 10.0. The number of amides is 1. The second-order valence-electron chi connectivity index (χ2n) is 6.28. The van der Waals surface area contributed by atoms with Crippen LogP contribution in [0.25, 0.3) is 11.0 Å². The van der Waals surface area contributed by atoms with E-state index in [1.807, 2.05) is 39.1 Å². The van der Waals surface area contributed by atoms with Crippen LogP contribution in [0.1, 0.15) is 47.1 Å². The molecule has 6 nitrogen and oxygen atoms in total. The Balaban J connectivity index is 2.13. The number of pyridine rings is 2. The largest absolute Gasteiger partial charge is 0.306 e. The van der Waals surface area contributed by atoms with Gasteiger partial charge in [-0.1, -0.05) is 19.9 Å². The first-order valence-electron chi connectivity index (χ1n) is 7.95. The van der Waals surface area contributed by atoms with Crippen LogP contribution in [0.5, 0.6) is 0 Å². The van der Waals surface area contributed by atoms with Crippen molar-refractivity contribution in [3.8, 4) is 0 Å². The molecule has 6 heteroatoms. The molecule has 0 fully saturated rings. The SMILES string of the molecule is Cc1cccnc1NC(=O)c1cc(C(C)C)nc2c1c(C)nn2C. The van der Waals surface area contributed by atoms with E-state index in [4.69, 9.17) is 0 Å². The molecular weight excluding hydrogens is 302 g/mol. The zero-order valence-corrected chi connectivity index (χ0v) is 14.6. The molecule has 1 amide bonds. The summed E-state index contributed by atoms with van der Waals surface area (Å²) in [5, 5.41) is 8.11. The molecule has 3 aromatic heterocycles. The molecule has 3 rings (SSSR count). The van der Waals surface area contributed by atoms with E-state index in [9.17, 15) is 4.79 Å². The van der Waals surface area contributed by atoms with Crippen molar-refractivity contribution in [2.45, 2.75) is 33.6 Å². The lowest BCUT2D eigenvalue weighted by Crippen LogP contribution is -2.15. The number of carbonyl (C=O) groups excluding carboxylic acids is 1. The van der Waals surface area contributed by atoms with E-state index >= 15 is 0 Å². The van der Waals surface area contributed by atoms with Gasteiger partial charge in [0.25, 0.3) is 5.91 Å². The number of anilines is 1. The summed E-state index contributed by atoms with van der Waals surface area (Å²) in [7, 11) is 1.84. The fourth-order valence-corrected chi connectivity index (χ4v) is 2.73. The van der Waals surface area contributed by atoms with Crippen molar-refractivity contribution < 1.29 is 4.79 Å². The van der Waals surface area contributed by atoms with Gasteiger partial charge in [0.15, 0.2) is 5.65 Å². The maximum absolute atomic E-state index is 12.9. The van der Waals surface area contributed by atoms with Crippen molar-refractivity contribution in [1.82, 2.24) is 19.7 Å². The second-order valence-corrected chi connectivity index (χ2v) is 6.28. The smallest absolute Gasteiger partial charge is 0.257 e. The van der Waals surface area contributed by atoms with Crippen LogP contribution in [0, 0.1) is 13.8 Å². The molecule has 0 saturated heterocycles. The zero-order chi connectivity index (χ0) is 17.4. The van der Waals surface area contributed by atoms with Crippen LogP contribution in [-0.4, -0.2) is 25.7 Å². The van der Waals surface area contributed by atoms with E-state index < -0.39 is 0 Å². The number of rotatable bonds is 3. The Hall–Kier alpha value is -2.76. The predicted molar refractivity (Wildman–Crippen MR) is 94.3 cm³/mol. The molecule has 0 aromatic carbocycles. The van der Waals surface area contributed by atoms with Crippen molar-refractivity contribution in [3.05, 3.63) is 46.9 Å². The van der Waals surface area contributed by atoms with Crippen LogP contribution < -0.4 is 5.32 Å². The second kappa shape index (κ2) is 6.03. The quantitative estimate of drug-likeness (QED) is 0.802. The minimum atomic E-state index is -0.192. The number of nitrogens with zero attached hydrogens (tertiary/aromatic N) is 4. The van der Waals surface area contributed by atoms with Crippen LogP contribution in [0.15, 0.2) is 24.4 Å². The van der Waals surface area contributed by atoms with Crippen LogP contribution in [0.3, 0.4) is 0 Å². The number of carbonyl (C=O) groups is 1. The minimum absolute atomic E-state index is 0.192. The summed E-state index contributed by atoms with van der Waals surface area (Å²) in [5.41, 5.74) is 3.88. The number of aromatic nitrogens is 4. The molecule has 24 heavy (non-hydrogen) atoms. The fraction of sp³-hybridized carbons (Fsp3) is 0.333. The van der Waals surface area contributed by atoms with Gasteiger partial charge in [-0.2, -0.15) is 5.10 Å². The molecule has 0 bridgehead atoms. The summed E-state index contributed by atoms with van der Waals surface area (Å²) in [6.07, 6.45) is 1.67. The topological polar surface area (TPSA) is 72.7 Å². The Morgan fingerprint density at radius 2 is 2.04 bits per heavy atom. The van der Waals surface area contributed by atoms with Crippen molar-refractivity contribution >= 4 is 22.8 Å². The molecule has 0 aliphatic heterocycles. The van der Waals surface area contributed by atoms with E-state index in [0.29, 0.717) is 11.4 Å². The van der Waals surface area contributed by atoms with Crippen molar-refractivity contribution in [3.63, 3.8) is 0 Å². The molecule has 0 radical (unpaired) electrons. The van der Waals surface area contributed by atoms with Crippen molar-refractivity contribution in [2.75, 3.05) is 5.32 Å². The van der Waals surface area contributed by atoms with Gasteiger partial charge < -0.3 is 5.32 Å². The molecule has 124 valence electrons. The predicted octanol–water partition coefficient (Wildman–Crippen LogP) is 3.36. The Morgan fingerprint density at radius 3 is 2.71 bits per heavy atom. The highest BCUT2D eigenvalue weighted by atomic mass is 16.1. The molecule has 0 spiro atoms. The van der Waals surface area contributed by atoms with Crippen LogP contribution in [0.4, 0.5) is 5.82 Å². The van der Waals surface area contributed by atoms with Gasteiger partial charge in [-0.3, -0.25) is 9.48 Å². The Kier molecular flexibility index (Phi) is 4.05. The first-order valence-corrected chi connectivity index (χ1v) is 7.95. The highest BCUT2D eigenvalue weighted by molar-refractivity contribution is 6.12. The van der Waals surface area contributed by atoms with Gasteiger partial charge in [0, 0.05) is 18.9 Å². The van der Waals surface area contributed by atoms with E-state index in [1.165, 1.54) is 0 Å². The maximum Gasteiger partial charge on any atom is 0.257 e. The third kappa shape index (κ3) is 2.75. The number of hydrogen-bond acceptors (Lipinski definition) is 4. The van der Waals surface area contributed by atoms with Crippen LogP contribution in [0.2, 0.25) is 0 Å². The van der Waals surface area contributed by atoms with Gasteiger partial charge in [-0.05, 0) is 37.5 Å². The number of aryl methyl sites for hydroxylation is 3. The summed E-state index contributed by atoms with van der Waals surface area (Å²) >= 11 is 0. The van der Waals surface area contributed by atoms with E-state index in [2.05, 4.69) is 34.2 Å². The molecule has 0 aliphatic rings. The maximum atomic E-state index is 12.9. The van der Waals surface area contributed by atoms with Gasteiger partial charge >= 0.3 is 0 Å². The molecule has 3 aromatic rings. The monoisotopic (exact) mass is 323 g/mol. The van der Waals surface area contributed by atoms with Gasteiger partial charge in [0.1, 0.15) is 5.82 Å². The molecule has 0 atom stereocenters. The van der Waals surface area contributed by atoms with E-state index in [-0.39, 0.29) is 11.8 Å². The Labute approximate surface area is 140 Å². The summed E-state index contributed by atoms with van der Waals surface area (Å²) in [6.45, 7) is 7.92. The molecule has 0 unspecified atom stereocenters. The normalized spacial score (nSPS) is 11.2. The molecular formula is C18H21N5O. The van der Waals surface area contributed by atoms with Crippen molar-refractivity contribution in [1.29, 1.82) is 0 Å². The average Bonchev–Trinajstić information content (AvgIpc) is 2.83. The first-order chi connectivity index (χ1) is 11.4. The molecule has 3 heterocycles. The standard InChI is InChI=1S/C18H21N5O/c1-10(2)14-9-13(15-12(4)22-23(5)17(15)20-14)18(24)21-16-11(3)7-6-8-19-16/h6-10H,1-5H3,(H,19,21,24). The van der Waals surface area contributed by atoms with Crippen molar-refractivity contribution in [2.24, 2.45) is 7.05 Å². The number of hydrogen-bond donors (Lipinski definition) is 1. The summed E-state index contributed by atoms with van der Waals surface area (Å²) < 4.78 is 1.72. The highest BCUT2D eigenvalue weighted by Crippen LogP contribution is 2.25. The third-order valence-corrected chi connectivity index (χ3v) is 4.07. The van der Waals surface area contributed by atoms with Gasteiger partial charge in [0.2, 0.25) is 0 Å². The summed E-state index contributed by atoms with van der Waals surface area (Å²) in [5.74, 6) is 0.593. The summed E-state index contributed by atoms with van der Waals surface area (Å²) in [6, 6.07) is 5.62. The van der Waals surface area contributed by atoms with E-state index in [0.717, 1.165) is 28.0 Å². The first kappa shape index (κ1) is 16.1. The Bertz CT molecular complexity index is 927. The average molecular weight is 323 g/mol. The van der Waals surface area contributed by atoms with Gasteiger partial charge in [0.05, 0.1) is 16.6 Å².